The normalized spacial score (nSPS) is 15.3. The van der Waals surface area contributed by atoms with E-state index in [2.05, 4.69) is 28.7 Å². The maximum absolute atomic E-state index is 13.6. The van der Waals surface area contributed by atoms with Crippen molar-refractivity contribution >= 4 is 22.6 Å². The lowest BCUT2D eigenvalue weighted by atomic mass is 10.1. The molecule has 0 saturated carbocycles. The lowest BCUT2D eigenvalue weighted by molar-refractivity contribution is -0.131. The van der Waals surface area contributed by atoms with Crippen LogP contribution in [0.25, 0.3) is 10.9 Å². The molecule has 3 rings (SSSR count). The molecule has 0 radical (unpaired) electrons. The molecular weight excluding hydrogens is 307 g/mol. The van der Waals surface area contributed by atoms with Gasteiger partial charge < -0.3 is 9.80 Å². The summed E-state index contributed by atoms with van der Waals surface area (Å²) in [6.07, 6.45) is 3.05. The Morgan fingerprint density at radius 2 is 1.96 bits per heavy atom. The van der Waals surface area contributed by atoms with Gasteiger partial charge in [0.15, 0.2) is 0 Å². The summed E-state index contributed by atoms with van der Waals surface area (Å²) in [5.74, 6) is 1.22. The molecule has 0 atom stereocenters. The third kappa shape index (κ3) is 3.63. The Balaban J connectivity index is 1.69. The summed E-state index contributed by atoms with van der Waals surface area (Å²) in [7, 11) is 0. The molecule has 1 aliphatic heterocycles. The summed E-state index contributed by atoms with van der Waals surface area (Å²) in [6, 6.07) is 4.55. The lowest BCUT2D eigenvalue weighted by Gasteiger charge is -2.36. The van der Waals surface area contributed by atoms with E-state index < -0.39 is 0 Å². The highest BCUT2D eigenvalue weighted by Gasteiger charge is 2.23. The number of hydrogen-bond acceptors (Lipinski definition) is 4. The van der Waals surface area contributed by atoms with Crippen LogP contribution in [-0.4, -0.2) is 47.0 Å². The molecule has 1 saturated heterocycles. The van der Waals surface area contributed by atoms with Gasteiger partial charge in [-0.2, -0.15) is 0 Å². The Hall–Kier alpha value is -2.24. The fourth-order valence-corrected chi connectivity index (χ4v) is 3.01. The summed E-state index contributed by atoms with van der Waals surface area (Å²) in [5.41, 5.74) is 0.733. The number of benzene rings is 1. The average molecular weight is 330 g/mol. The first-order chi connectivity index (χ1) is 11.5. The van der Waals surface area contributed by atoms with Gasteiger partial charge in [-0.05, 0) is 30.5 Å². The Morgan fingerprint density at radius 3 is 2.67 bits per heavy atom. The molecule has 0 unspecified atom stereocenters. The number of anilines is 1. The number of fused-ring (bicyclic) bond motifs is 1. The number of piperazine rings is 1. The van der Waals surface area contributed by atoms with Crippen LogP contribution in [0.3, 0.4) is 0 Å². The van der Waals surface area contributed by atoms with Crippen LogP contribution < -0.4 is 4.90 Å². The van der Waals surface area contributed by atoms with Crippen molar-refractivity contribution in [2.45, 2.75) is 26.7 Å². The number of aromatic nitrogens is 2. The Kier molecular flexibility index (Phi) is 4.92. The van der Waals surface area contributed by atoms with E-state index in [1.807, 2.05) is 4.90 Å². The summed E-state index contributed by atoms with van der Waals surface area (Å²) in [5, 5.41) is 0.720. The van der Waals surface area contributed by atoms with E-state index in [1.165, 1.54) is 18.5 Å². The van der Waals surface area contributed by atoms with Crippen molar-refractivity contribution in [3.8, 4) is 0 Å². The molecule has 0 N–H and O–H groups in total. The van der Waals surface area contributed by atoms with Crippen LogP contribution in [0.1, 0.15) is 26.7 Å². The molecule has 128 valence electrons. The molecule has 24 heavy (non-hydrogen) atoms. The summed E-state index contributed by atoms with van der Waals surface area (Å²) >= 11 is 0. The molecule has 0 aliphatic carbocycles. The number of hydrogen-bond donors (Lipinski definition) is 0. The molecule has 2 heterocycles. The fraction of sp³-hybridized carbons (Fsp3) is 0.500. The highest BCUT2D eigenvalue weighted by molar-refractivity contribution is 5.89. The molecule has 2 aromatic rings. The van der Waals surface area contributed by atoms with Gasteiger partial charge in [0.25, 0.3) is 0 Å². The van der Waals surface area contributed by atoms with E-state index in [4.69, 9.17) is 0 Å². The lowest BCUT2D eigenvalue weighted by Crippen LogP contribution is -2.49. The maximum Gasteiger partial charge on any atom is 0.222 e. The number of carbonyl (C=O) groups excluding carboxylic acids is 1. The van der Waals surface area contributed by atoms with Gasteiger partial charge in [0.1, 0.15) is 18.0 Å². The van der Waals surface area contributed by atoms with Crippen LogP contribution in [0.5, 0.6) is 0 Å². The molecule has 5 nitrogen and oxygen atoms in total. The van der Waals surface area contributed by atoms with E-state index in [-0.39, 0.29) is 11.7 Å². The highest BCUT2D eigenvalue weighted by Crippen LogP contribution is 2.24. The molecule has 1 aromatic carbocycles. The minimum absolute atomic E-state index is 0.224. The van der Waals surface area contributed by atoms with Crippen molar-refractivity contribution in [1.82, 2.24) is 14.9 Å². The molecule has 0 bridgehead atoms. The van der Waals surface area contributed by atoms with Crippen molar-refractivity contribution in [3.63, 3.8) is 0 Å². The first kappa shape index (κ1) is 16.6. The number of nitrogens with zero attached hydrogens (tertiary/aromatic N) is 4. The number of halogens is 1. The van der Waals surface area contributed by atoms with Crippen LogP contribution in [0.4, 0.5) is 10.2 Å². The van der Waals surface area contributed by atoms with Crippen molar-refractivity contribution in [1.29, 1.82) is 0 Å². The molecule has 1 aromatic heterocycles. The van der Waals surface area contributed by atoms with E-state index in [0.29, 0.717) is 38.5 Å². The second kappa shape index (κ2) is 7.11. The summed E-state index contributed by atoms with van der Waals surface area (Å²) < 4.78 is 13.6. The van der Waals surface area contributed by atoms with Gasteiger partial charge in [0.2, 0.25) is 5.91 Å². The Labute approximate surface area is 141 Å². The predicted octanol–water partition coefficient (Wildman–Crippen LogP) is 2.85. The van der Waals surface area contributed by atoms with E-state index >= 15 is 0 Å². The van der Waals surface area contributed by atoms with Gasteiger partial charge in [-0.15, -0.1) is 0 Å². The Morgan fingerprint density at radius 1 is 1.21 bits per heavy atom. The first-order valence-electron chi connectivity index (χ1n) is 8.47. The van der Waals surface area contributed by atoms with Gasteiger partial charge in [-0.25, -0.2) is 14.4 Å². The second-order valence-electron chi connectivity index (χ2n) is 6.66. The highest BCUT2D eigenvalue weighted by atomic mass is 19.1. The summed E-state index contributed by atoms with van der Waals surface area (Å²) in [6.45, 7) is 7.02. The number of rotatable bonds is 4. The van der Waals surface area contributed by atoms with Crippen LogP contribution in [0, 0.1) is 11.7 Å². The molecule has 6 heteroatoms. The van der Waals surface area contributed by atoms with Crippen molar-refractivity contribution in [3.05, 3.63) is 30.3 Å². The monoisotopic (exact) mass is 330 g/mol. The molecule has 0 spiro atoms. The van der Waals surface area contributed by atoms with Gasteiger partial charge >= 0.3 is 0 Å². The van der Waals surface area contributed by atoms with Crippen LogP contribution in [0.15, 0.2) is 24.5 Å². The third-order valence-corrected chi connectivity index (χ3v) is 4.44. The zero-order valence-corrected chi connectivity index (χ0v) is 14.2. The zero-order valence-electron chi connectivity index (χ0n) is 14.2. The molecule has 1 aliphatic rings. The number of amides is 1. The Bertz CT molecular complexity index is 726. The standard InChI is InChI=1S/C18H23FN4O/c1-13(2)3-6-17(24)22-7-9-23(10-8-22)18-15-11-14(19)4-5-16(15)20-12-21-18/h4-5,11-13H,3,6-10H2,1-2H3. The smallest absolute Gasteiger partial charge is 0.222 e. The van der Waals surface area contributed by atoms with Crippen LogP contribution in [-0.2, 0) is 4.79 Å². The average Bonchev–Trinajstić information content (AvgIpc) is 2.59. The topological polar surface area (TPSA) is 49.3 Å². The van der Waals surface area contributed by atoms with Gasteiger partial charge in [0.05, 0.1) is 5.52 Å². The van der Waals surface area contributed by atoms with Crippen molar-refractivity contribution in [2.75, 3.05) is 31.1 Å². The summed E-state index contributed by atoms with van der Waals surface area (Å²) in [4.78, 5) is 24.8. The quantitative estimate of drug-likeness (QED) is 0.865. The SMILES string of the molecule is CC(C)CCC(=O)N1CCN(c2ncnc3ccc(F)cc23)CC1. The first-order valence-corrected chi connectivity index (χ1v) is 8.47. The van der Waals surface area contributed by atoms with Crippen LogP contribution in [0.2, 0.25) is 0 Å². The largest absolute Gasteiger partial charge is 0.352 e. The minimum Gasteiger partial charge on any atom is -0.352 e. The third-order valence-electron chi connectivity index (χ3n) is 4.44. The molecule has 1 fully saturated rings. The predicted molar refractivity (Wildman–Crippen MR) is 92.4 cm³/mol. The second-order valence-corrected chi connectivity index (χ2v) is 6.66. The fourth-order valence-electron chi connectivity index (χ4n) is 3.01. The molecule has 1 amide bonds. The number of carbonyl (C=O) groups is 1. The van der Waals surface area contributed by atoms with Gasteiger partial charge in [-0.1, -0.05) is 13.8 Å². The van der Waals surface area contributed by atoms with E-state index in [1.54, 1.807) is 6.07 Å². The van der Waals surface area contributed by atoms with E-state index in [9.17, 15) is 9.18 Å². The van der Waals surface area contributed by atoms with Gasteiger partial charge in [0, 0.05) is 38.0 Å². The van der Waals surface area contributed by atoms with E-state index in [0.717, 1.165) is 23.1 Å². The molecular formula is C18H23FN4O. The zero-order chi connectivity index (χ0) is 17.1. The van der Waals surface area contributed by atoms with Crippen molar-refractivity contribution in [2.24, 2.45) is 5.92 Å². The van der Waals surface area contributed by atoms with Crippen molar-refractivity contribution < 1.29 is 9.18 Å². The maximum atomic E-state index is 13.6. The minimum atomic E-state index is -0.291. The van der Waals surface area contributed by atoms with Crippen LogP contribution >= 0.6 is 0 Å². The van der Waals surface area contributed by atoms with Gasteiger partial charge in [-0.3, -0.25) is 4.79 Å².